The van der Waals surface area contributed by atoms with Crippen molar-refractivity contribution < 1.29 is 14.7 Å². The molecule has 0 aromatic carbocycles. The zero-order valence-corrected chi connectivity index (χ0v) is 5.57. The summed E-state index contributed by atoms with van der Waals surface area (Å²) >= 11 is 0. The Hall–Kier alpha value is -1.12. The van der Waals surface area contributed by atoms with Crippen molar-refractivity contribution in [1.29, 1.82) is 0 Å². The number of aliphatic carboxylic acids is 1. The lowest BCUT2D eigenvalue weighted by Crippen LogP contribution is -2.23. The van der Waals surface area contributed by atoms with Crippen LogP contribution in [0.5, 0.6) is 0 Å². The molecule has 0 fully saturated rings. The summed E-state index contributed by atoms with van der Waals surface area (Å²) in [6.07, 6.45) is 2.96. The summed E-state index contributed by atoms with van der Waals surface area (Å²) in [7, 11) is 0. The molecule has 1 N–H and O–H groups in total. The summed E-state index contributed by atoms with van der Waals surface area (Å²) in [6, 6.07) is 0. The van der Waals surface area contributed by atoms with Crippen molar-refractivity contribution in [3.8, 4) is 0 Å². The smallest absolute Gasteiger partial charge is 0.314 e. The van der Waals surface area contributed by atoms with Gasteiger partial charge in [-0.25, -0.2) is 0 Å². The fourth-order valence-electron chi connectivity index (χ4n) is 1.07. The van der Waals surface area contributed by atoms with E-state index in [4.69, 9.17) is 5.11 Å². The van der Waals surface area contributed by atoms with Crippen LogP contribution in [0.15, 0.2) is 12.2 Å². The molecule has 1 aliphatic rings. The molecule has 0 saturated heterocycles. The van der Waals surface area contributed by atoms with E-state index in [1.807, 2.05) is 0 Å². The fourth-order valence-corrected chi connectivity index (χ4v) is 1.07. The number of carbonyl (C=O) groups excluding carboxylic acids is 1. The van der Waals surface area contributed by atoms with Crippen LogP contribution in [0.25, 0.3) is 0 Å². The van der Waals surface area contributed by atoms with E-state index in [1.54, 1.807) is 13.0 Å². The van der Waals surface area contributed by atoms with Crippen molar-refractivity contribution in [1.82, 2.24) is 0 Å². The molecule has 3 nitrogen and oxygen atoms in total. The van der Waals surface area contributed by atoms with Crippen molar-refractivity contribution in [2.24, 2.45) is 11.8 Å². The van der Waals surface area contributed by atoms with Crippen LogP contribution >= 0.6 is 0 Å². The molecule has 0 aromatic rings. The first-order valence-electron chi connectivity index (χ1n) is 3.08. The van der Waals surface area contributed by atoms with Gasteiger partial charge in [-0.05, 0) is 12.0 Å². The van der Waals surface area contributed by atoms with Crippen LogP contribution in [0, 0.1) is 11.8 Å². The molecule has 1 aliphatic carbocycles. The van der Waals surface area contributed by atoms with Crippen molar-refractivity contribution in [3.63, 3.8) is 0 Å². The lowest BCUT2D eigenvalue weighted by Gasteiger charge is -2.06. The molecule has 2 unspecified atom stereocenters. The van der Waals surface area contributed by atoms with Gasteiger partial charge in [0, 0.05) is 0 Å². The average Bonchev–Trinajstić information content (AvgIpc) is 2.11. The van der Waals surface area contributed by atoms with Crippen molar-refractivity contribution >= 4 is 11.8 Å². The monoisotopic (exact) mass is 140 g/mol. The number of hydrogen-bond acceptors (Lipinski definition) is 2. The third kappa shape index (κ3) is 0.943. The Labute approximate surface area is 58.4 Å². The van der Waals surface area contributed by atoms with Crippen LogP contribution in [0.3, 0.4) is 0 Å². The summed E-state index contributed by atoms with van der Waals surface area (Å²) in [4.78, 5) is 21.1. The van der Waals surface area contributed by atoms with E-state index in [9.17, 15) is 9.59 Å². The van der Waals surface area contributed by atoms with Crippen molar-refractivity contribution in [2.75, 3.05) is 0 Å². The van der Waals surface area contributed by atoms with E-state index in [1.165, 1.54) is 6.08 Å². The Morgan fingerprint density at radius 1 is 1.70 bits per heavy atom. The summed E-state index contributed by atoms with van der Waals surface area (Å²) in [5, 5.41) is 8.49. The number of carbonyl (C=O) groups is 2. The van der Waals surface area contributed by atoms with Crippen molar-refractivity contribution in [2.45, 2.75) is 6.92 Å². The zero-order chi connectivity index (χ0) is 7.72. The molecule has 10 heavy (non-hydrogen) atoms. The Morgan fingerprint density at radius 3 is 2.50 bits per heavy atom. The highest BCUT2D eigenvalue weighted by Crippen LogP contribution is 2.21. The highest BCUT2D eigenvalue weighted by molar-refractivity contribution is 6.06. The molecule has 0 aliphatic heterocycles. The number of carboxylic acid groups (broad SMARTS) is 1. The molecule has 54 valence electrons. The molecule has 0 amide bonds. The van der Waals surface area contributed by atoms with Crippen LogP contribution in [0.4, 0.5) is 0 Å². The van der Waals surface area contributed by atoms with Crippen LogP contribution < -0.4 is 0 Å². The van der Waals surface area contributed by atoms with Gasteiger partial charge in [0.05, 0.1) is 0 Å². The second kappa shape index (κ2) is 2.25. The molecule has 3 heteroatoms. The van der Waals surface area contributed by atoms with E-state index in [-0.39, 0.29) is 11.7 Å². The number of hydrogen-bond donors (Lipinski definition) is 1. The third-order valence-corrected chi connectivity index (χ3v) is 1.66. The first-order valence-corrected chi connectivity index (χ1v) is 3.08. The minimum atomic E-state index is -1.03. The number of carboxylic acids is 1. The molecule has 0 radical (unpaired) electrons. The van der Waals surface area contributed by atoms with Crippen LogP contribution in [-0.4, -0.2) is 16.9 Å². The molecular weight excluding hydrogens is 132 g/mol. The highest BCUT2D eigenvalue weighted by Gasteiger charge is 2.32. The van der Waals surface area contributed by atoms with Gasteiger partial charge in [-0.2, -0.15) is 0 Å². The van der Waals surface area contributed by atoms with Gasteiger partial charge in [0.2, 0.25) is 0 Å². The van der Waals surface area contributed by atoms with Gasteiger partial charge in [-0.1, -0.05) is 13.0 Å². The van der Waals surface area contributed by atoms with Gasteiger partial charge in [-0.15, -0.1) is 0 Å². The minimum Gasteiger partial charge on any atom is -0.481 e. The Balaban J connectivity index is 2.79. The summed E-state index contributed by atoms with van der Waals surface area (Å²) < 4.78 is 0. The molecule has 0 bridgehead atoms. The predicted molar refractivity (Wildman–Crippen MR) is 34.4 cm³/mol. The maximum absolute atomic E-state index is 10.8. The molecule has 0 heterocycles. The number of ketones is 1. The number of allylic oxidation sites excluding steroid dienone is 2. The fraction of sp³-hybridized carbons (Fsp3) is 0.429. The molecule has 0 aromatic heterocycles. The molecule has 2 atom stereocenters. The molecule has 1 rings (SSSR count). The van der Waals surface area contributed by atoms with E-state index in [0.29, 0.717) is 0 Å². The van der Waals surface area contributed by atoms with E-state index >= 15 is 0 Å². The Bertz CT molecular complexity index is 205. The Morgan fingerprint density at radius 2 is 2.30 bits per heavy atom. The maximum Gasteiger partial charge on any atom is 0.314 e. The normalized spacial score (nSPS) is 31.1. The summed E-state index contributed by atoms with van der Waals surface area (Å²) in [6.45, 7) is 1.72. The van der Waals surface area contributed by atoms with Gasteiger partial charge < -0.3 is 5.11 Å². The molecular formula is C7H8O3. The van der Waals surface area contributed by atoms with Crippen molar-refractivity contribution in [3.05, 3.63) is 12.2 Å². The van der Waals surface area contributed by atoms with Gasteiger partial charge in [0.1, 0.15) is 5.92 Å². The lowest BCUT2D eigenvalue weighted by atomic mass is 9.97. The Kier molecular flexibility index (Phi) is 1.57. The highest BCUT2D eigenvalue weighted by atomic mass is 16.4. The van der Waals surface area contributed by atoms with Gasteiger partial charge in [0.15, 0.2) is 5.78 Å². The van der Waals surface area contributed by atoms with E-state index in [2.05, 4.69) is 0 Å². The van der Waals surface area contributed by atoms with Crippen LogP contribution in [0.1, 0.15) is 6.92 Å². The quantitative estimate of drug-likeness (QED) is 0.538. The first-order chi connectivity index (χ1) is 4.63. The van der Waals surface area contributed by atoms with Crippen LogP contribution in [-0.2, 0) is 9.59 Å². The SMILES string of the molecule is CC1C=CC(=O)C1C(=O)O. The molecule has 0 saturated carbocycles. The second-order valence-corrected chi connectivity index (χ2v) is 2.44. The van der Waals surface area contributed by atoms with Gasteiger partial charge in [-0.3, -0.25) is 9.59 Å². The maximum atomic E-state index is 10.8. The predicted octanol–water partition coefficient (Wildman–Crippen LogP) is 0.462. The summed E-state index contributed by atoms with van der Waals surface area (Å²) in [5.41, 5.74) is 0. The van der Waals surface area contributed by atoms with Gasteiger partial charge >= 0.3 is 5.97 Å². The van der Waals surface area contributed by atoms with E-state index in [0.717, 1.165) is 0 Å². The lowest BCUT2D eigenvalue weighted by molar-refractivity contribution is -0.145. The van der Waals surface area contributed by atoms with Gasteiger partial charge in [0.25, 0.3) is 0 Å². The van der Waals surface area contributed by atoms with Crippen LogP contribution in [0.2, 0.25) is 0 Å². The topological polar surface area (TPSA) is 54.4 Å². The standard InChI is InChI=1S/C7H8O3/c1-4-2-3-5(8)6(4)7(9)10/h2-4,6H,1H3,(H,9,10). The second-order valence-electron chi connectivity index (χ2n) is 2.44. The molecule has 0 spiro atoms. The average molecular weight is 140 g/mol. The summed E-state index contributed by atoms with van der Waals surface area (Å²) in [5.74, 6) is -2.30. The number of rotatable bonds is 1. The first kappa shape index (κ1) is 6.99. The van der Waals surface area contributed by atoms with E-state index < -0.39 is 11.9 Å². The third-order valence-electron chi connectivity index (χ3n) is 1.66. The zero-order valence-electron chi connectivity index (χ0n) is 5.57. The minimum absolute atomic E-state index is 0.148. The largest absolute Gasteiger partial charge is 0.481 e.